The van der Waals surface area contributed by atoms with Crippen molar-refractivity contribution in [1.29, 1.82) is 0 Å². The molecule has 17 atom stereocenters. The Morgan fingerprint density at radius 3 is 2.17 bits per heavy atom. The highest BCUT2D eigenvalue weighted by Gasteiger charge is 2.51. The molecule has 3 aliphatic heterocycles. The quantitative estimate of drug-likeness (QED) is 0.0906. The predicted octanol–water partition coefficient (Wildman–Crippen LogP) is 5.73. The van der Waals surface area contributed by atoms with Gasteiger partial charge in [-0.3, -0.25) is 24.0 Å². The van der Waals surface area contributed by atoms with Crippen LogP contribution in [-0.4, -0.2) is 174 Å². The molecule has 460 valence electrons. The third-order valence-corrected chi connectivity index (χ3v) is 17.2. The van der Waals surface area contributed by atoms with Crippen LogP contribution in [0.5, 0.6) is 0 Å². The number of likely N-dealkylation sites (N-methyl/N-ethyl adjacent to an activating group) is 1. The molecule has 0 saturated carbocycles. The zero-order chi connectivity index (χ0) is 61.2. The molecule has 3 aliphatic rings. The number of hydrogen-bond acceptors (Lipinski definition) is 14. The Bertz CT molecular complexity index is 2640. The van der Waals surface area contributed by atoms with Crippen LogP contribution in [0.4, 0.5) is 5.69 Å². The number of carbonyl (C=O) groups excluding carboxylic acids is 5. The fourth-order valence-corrected chi connectivity index (χ4v) is 12.2. The van der Waals surface area contributed by atoms with Crippen molar-refractivity contribution in [1.82, 2.24) is 25.8 Å². The van der Waals surface area contributed by atoms with E-state index >= 15 is 0 Å². The molecule has 83 heavy (non-hydrogen) atoms. The van der Waals surface area contributed by atoms with Crippen molar-refractivity contribution in [2.75, 3.05) is 40.1 Å². The number of rotatable bonds is 16. The summed E-state index contributed by atoms with van der Waals surface area (Å²) in [5.74, 6) is -4.82. The molecule has 3 aromatic carbocycles. The number of carbonyl (C=O) groups is 5. The lowest BCUT2D eigenvalue weighted by Crippen LogP contribution is -2.61. The molecular formula is C63H93ClN6O13. The maximum atomic E-state index is 14.9. The molecule has 19 nitrogen and oxygen atoms in total. The second-order valence-corrected chi connectivity index (χ2v) is 25.3. The van der Waals surface area contributed by atoms with Gasteiger partial charge in [-0.2, -0.15) is 0 Å². The third-order valence-electron chi connectivity index (χ3n) is 16.9. The smallest absolute Gasteiger partial charge is 0.247 e. The Labute approximate surface area is 496 Å². The topological polar surface area (TPSA) is 247 Å². The first-order valence-electron chi connectivity index (χ1n) is 29.2. The summed E-state index contributed by atoms with van der Waals surface area (Å²) in [5.41, 5.74) is 0.924. The van der Waals surface area contributed by atoms with Gasteiger partial charge in [0.2, 0.25) is 29.5 Å². The molecule has 0 spiro atoms. The number of methoxy groups -OCH3 is 1. The molecule has 0 bridgehead atoms. The minimum Gasteiger partial charge on any atom is -0.387 e. The fourth-order valence-electron chi connectivity index (χ4n) is 12.0. The number of nitrogens with zero attached hydrogens (tertiary/aromatic N) is 2. The first kappa shape index (κ1) is 67.1. The Hall–Kier alpha value is -5.06. The van der Waals surface area contributed by atoms with E-state index in [1.165, 1.54) is 7.11 Å². The van der Waals surface area contributed by atoms with Crippen molar-refractivity contribution in [2.24, 2.45) is 23.7 Å². The molecule has 0 unspecified atom stereocenters. The maximum absolute atomic E-state index is 14.9. The van der Waals surface area contributed by atoms with Crippen molar-refractivity contribution in [3.05, 3.63) is 100 Å². The fraction of sp³-hybridized carbons (Fsp3) is 0.635. The van der Waals surface area contributed by atoms with E-state index in [1.807, 2.05) is 70.1 Å². The lowest BCUT2D eigenvalue weighted by Gasteiger charge is -2.49. The second-order valence-electron chi connectivity index (χ2n) is 24.9. The summed E-state index contributed by atoms with van der Waals surface area (Å²) in [6.45, 7) is 18.1. The largest absolute Gasteiger partial charge is 0.387 e. The third kappa shape index (κ3) is 18.0. The van der Waals surface area contributed by atoms with Crippen LogP contribution in [0.25, 0.3) is 0 Å². The molecule has 7 N–H and O–H groups in total. The van der Waals surface area contributed by atoms with Gasteiger partial charge in [0.15, 0.2) is 12.6 Å². The first-order chi connectivity index (χ1) is 39.0. The van der Waals surface area contributed by atoms with Crippen LogP contribution in [0.2, 0.25) is 5.02 Å². The number of hydrogen-bond donors (Lipinski definition) is 7. The number of ether oxygens (including phenoxy) is 5. The molecule has 0 aliphatic carbocycles. The lowest BCUT2D eigenvalue weighted by molar-refractivity contribution is -0.317. The summed E-state index contributed by atoms with van der Waals surface area (Å²) in [7, 11) is 6.90. The highest BCUT2D eigenvalue weighted by molar-refractivity contribution is 6.31. The van der Waals surface area contributed by atoms with Gasteiger partial charge in [-0.1, -0.05) is 106 Å². The highest BCUT2D eigenvalue weighted by atomic mass is 35.5. The number of aliphatic hydroxyl groups excluding tert-OH is 2. The van der Waals surface area contributed by atoms with Crippen LogP contribution in [-0.2, 0) is 66.9 Å². The average Bonchev–Trinajstić information content (AvgIpc) is 3.43. The zero-order valence-corrected chi connectivity index (χ0v) is 51.8. The van der Waals surface area contributed by atoms with Crippen molar-refractivity contribution in [3.63, 3.8) is 0 Å². The van der Waals surface area contributed by atoms with Gasteiger partial charge >= 0.3 is 0 Å². The minimum atomic E-state index is -1.71. The average molecular weight is 1180 g/mol. The summed E-state index contributed by atoms with van der Waals surface area (Å²) in [6.07, 6.45) is -6.71. The maximum Gasteiger partial charge on any atom is 0.247 e. The summed E-state index contributed by atoms with van der Waals surface area (Å²) < 4.78 is 32.1. The van der Waals surface area contributed by atoms with Crippen LogP contribution in [0.15, 0.2) is 72.8 Å². The Morgan fingerprint density at radius 2 is 1.54 bits per heavy atom. The van der Waals surface area contributed by atoms with Gasteiger partial charge in [-0.25, -0.2) is 0 Å². The number of halogens is 1. The molecule has 0 aromatic heterocycles. The van der Waals surface area contributed by atoms with E-state index in [-0.39, 0.29) is 74.9 Å². The molecule has 3 saturated heterocycles. The zero-order valence-electron chi connectivity index (χ0n) is 51.0. The van der Waals surface area contributed by atoms with Gasteiger partial charge in [0.05, 0.1) is 48.0 Å². The van der Waals surface area contributed by atoms with E-state index in [4.69, 9.17) is 35.3 Å². The van der Waals surface area contributed by atoms with Crippen LogP contribution in [0.1, 0.15) is 110 Å². The Balaban J connectivity index is 1.29. The highest BCUT2D eigenvalue weighted by Crippen LogP contribution is 2.39. The molecular weight excluding hydrogens is 1080 g/mol. The number of amides is 5. The number of nitrogens with one attached hydrogen (secondary N) is 4. The summed E-state index contributed by atoms with van der Waals surface area (Å²) >= 11 is 6.53. The minimum absolute atomic E-state index is 0.0742. The van der Waals surface area contributed by atoms with Gasteiger partial charge in [0.25, 0.3) is 0 Å². The summed E-state index contributed by atoms with van der Waals surface area (Å²) in [5, 5.41) is 48.3. The molecule has 3 aromatic rings. The van der Waals surface area contributed by atoms with Crippen molar-refractivity contribution >= 4 is 46.8 Å². The van der Waals surface area contributed by atoms with Gasteiger partial charge in [-0.05, 0) is 115 Å². The van der Waals surface area contributed by atoms with Crippen LogP contribution < -0.4 is 21.3 Å². The van der Waals surface area contributed by atoms with E-state index in [0.29, 0.717) is 22.7 Å². The number of aryl methyl sites for hydroxylation is 1. The van der Waals surface area contributed by atoms with Gasteiger partial charge in [0, 0.05) is 68.7 Å². The van der Waals surface area contributed by atoms with Gasteiger partial charge in [-0.15, -0.1) is 0 Å². The SMILES string of the molecule is CO[C@]1(C)C[C@H](O[C@H]2[C@H](C)[C@@H](O[C@@H]3O[C@H](C)C[C@H](N(C)C)[C@H]3O)[C@](C)(O)C[C@@H](C)CN(C)C(=O)C[C@@H](Cc3ccc(NC(=O)[C@H](Cc4ccccc4Cl)NC(=O)Cc4ccc(C)cc4)cc3)NC(=O)[C@H](C(C)C)NC(=O)[C@@H]2C)O[C@@H](C)[C@@H]1O. The standard InChI is InChI=1S/C63H93ClN6O13/c1-35(2)53-60(77)66-46(28-42-23-25-45(26-24-42)65-59(76)48(30-44-17-15-16-18-47(44)64)67-50(71)29-43-21-19-36(3)20-22-43)31-51(72)70(13)34-37(4)32-62(9,78)57(83-61-54(73)49(69(11)12)27-38(5)80-61)39(6)55(40(7)58(75)68-53)82-52-33-63(10,79-14)56(74)41(8)81-52/h15-26,35,37-41,46,48-49,52-57,61,73-74,78H,27-34H2,1-14H3,(H,65,76)(H,66,77)(H,67,71)(H,68,75)/t37-,38-,39+,40-,41+,46-,48+,49+,52+,53+,54-,55+,56+,57-,61+,62-,63-/m1/s1. The van der Waals surface area contributed by atoms with Crippen molar-refractivity contribution in [3.8, 4) is 0 Å². The van der Waals surface area contributed by atoms with E-state index in [1.54, 1.807) is 103 Å². The van der Waals surface area contributed by atoms with E-state index < -0.39 is 108 Å². The van der Waals surface area contributed by atoms with Gasteiger partial charge < -0.3 is 70.1 Å². The molecule has 3 heterocycles. The second kappa shape index (κ2) is 29.4. The molecule has 5 amide bonds. The lowest BCUT2D eigenvalue weighted by atomic mass is 9.77. The van der Waals surface area contributed by atoms with Crippen LogP contribution >= 0.6 is 11.6 Å². The Morgan fingerprint density at radius 1 is 0.892 bits per heavy atom. The molecule has 6 rings (SSSR count). The van der Waals surface area contributed by atoms with Gasteiger partial charge in [0.1, 0.15) is 24.3 Å². The van der Waals surface area contributed by atoms with Crippen LogP contribution in [0.3, 0.4) is 0 Å². The summed E-state index contributed by atoms with van der Waals surface area (Å²) in [4.78, 5) is 74.9. The predicted molar refractivity (Wildman–Crippen MR) is 317 cm³/mol. The number of benzene rings is 3. The Kier molecular flexibility index (Phi) is 23.7. The molecule has 0 radical (unpaired) electrons. The monoisotopic (exact) mass is 1180 g/mol. The molecule has 20 heteroatoms. The molecule has 3 fully saturated rings. The van der Waals surface area contributed by atoms with E-state index in [2.05, 4.69) is 21.3 Å². The first-order valence-corrected chi connectivity index (χ1v) is 29.6. The number of anilines is 1. The van der Waals surface area contributed by atoms with Crippen LogP contribution in [0, 0.1) is 30.6 Å². The van der Waals surface area contributed by atoms with E-state index in [9.17, 15) is 39.3 Å². The normalized spacial score (nSPS) is 33.0. The number of aliphatic hydroxyl groups is 3. The van der Waals surface area contributed by atoms with Crippen molar-refractivity contribution < 1.29 is 63.0 Å². The van der Waals surface area contributed by atoms with Crippen molar-refractivity contribution in [2.45, 2.75) is 199 Å². The summed E-state index contributed by atoms with van der Waals surface area (Å²) in [6, 6.07) is 18.6. The van der Waals surface area contributed by atoms with E-state index in [0.717, 1.165) is 16.7 Å².